The molecule has 2 amide bonds. The van der Waals surface area contributed by atoms with Crippen LogP contribution in [0.1, 0.15) is 63.5 Å². The zero-order valence-electron chi connectivity index (χ0n) is 19.7. The van der Waals surface area contributed by atoms with Crippen LogP contribution in [0.4, 0.5) is 0 Å². The van der Waals surface area contributed by atoms with Crippen LogP contribution in [0.5, 0.6) is 0 Å². The van der Waals surface area contributed by atoms with Crippen molar-refractivity contribution in [2.24, 2.45) is 5.92 Å². The lowest BCUT2D eigenvalue weighted by molar-refractivity contribution is -0.122. The Kier molecular flexibility index (Phi) is 16.9. The van der Waals surface area contributed by atoms with Gasteiger partial charge >= 0.3 is 0 Å². The molecule has 0 radical (unpaired) electrons. The molecule has 31 heavy (non-hydrogen) atoms. The van der Waals surface area contributed by atoms with Crippen molar-refractivity contribution in [2.75, 3.05) is 12.1 Å². The van der Waals surface area contributed by atoms with Crippen molar-refractivity contribution in [3.8, 4) is 0 Å². The van der Waals surface area contributed by atoms with E-state index in [1.54, 1.807) is 0 Å². The number of carbonyl (C=O) groups is 2. The molecular formula is C24H38N4O2S. The fourth-order valence-corrected chi connectivity index (χ4v) is 2.26. The molecule has 0 aliphatic heterocycles. The Hall–Kier alpha value is -2.41. The molecule has 0 spiro atoms. The maximum absolute atomic E-state index is 12.3. The molecule has 0 aliphatic carbocycles. The third kappa shape index (κ3) is 15.1. The molecule has 172 valence electrons. The molecule has 1 aromatic heterocycles. The van der Waals surface area contributed by atoms with E-state index in [4.69, 9.17) is 0 Å². The average Bonchev–Trinajstić information content (AvgIpc) is 2.78. The Morgan fingerprint density at radius 3 is 2.13 bits per heavy atom. The first-order valence-electron chi connectivity index (χ1n) is 10.7. The highest BCUT2D eigenvalue weighted by Gasteiger charge is 2.22. The summed E-state index contributed by atoms with van der Waals surface area (Å²) in [7, 11) is 0. The Morgan fingerprint density at radius 2 is 1.65 bits per heavy atom. The summed E-state index contributed by atoms with van der Waals surface area (Å²) in [6, 6.07) is 8.88. The Morgan fingerprint density at radius 1 is 1.03 bits per heavy atom. The molecule has 0 fully saturated rings. The maximum atomic E-state index is 12.3. The quantitative estimate of drug-likeness (QED) is 0.573. The second kappa shape index (κ2) is 18.4. The van der Waals surface area contributed by atoms with Crippen LogP contribution >= 0.6 is 11.8 Å². The lowest BCUT2D eigenvalue weighted by atomic mass is 10.1. The summed E-state index contributed by atoms with van der Waals surface area (Å²) >= 11 is 1.50. The summed E-state index contributed by atoms with van der Waals surface area (Å²) in [6.07, 6.45) is 9.24. The van der Waals surface area contributed by atoms with Gasteiger partial charge in [0.1, 0.15) is 11.7 Å². The highest BCUT2D eigenvalue weighted by atomic mass is 32.2. The number of amides is 2. The van der Waals surface area contributed by atoms with Gasteiger partial charge in [-0.2, -0.15) is 0 Å². The Balaban J connectivity index is 0.000000967. The predicted octanol–water partition coefficient (Wildman–Crippen LogP) is 4.72. The van der Waals surface area contributed by atoms with Crippen molar-refractivity contribution in [1.82, 2.24) is 20.6 Å². The number of nitrogens with one attached hydrogen (secondary N) is 2. The number of benzene rings is 1. The molecule has 2 rings (SSSR count). The molecule has 1 unspecified atom stereocenters. The van der Waals surface area contributed by atoms with Gasteiger partial charge in [0, 0.05) is 18.8 Å². The van der Waals surface area contributed by atoms with E-state index in [0.717, 1.165) is 11.5 Å². The van der Waals surface area contributed by atoms with Crippen LogP contribution in [0, 0.1) is 5.92 Å². The second-order valence-corrected chi connectivity index (χ2v) is 8.38. The van der Waals surface area contributed by atoms with E-state index in [9.17, 15) is 9.59 Å². The molecule has 1 aromatic carbocycles. The van der Waals surface area contributed by atoms with E-state index < -0.39 is 11.9 Å². The summed E-state index contributed by atoms with van der Waals surface area (Å²) in [5.74, 6) is 0.685. The summed E-state index contributed by atoms with van der Waals surface area (Å²) in [6.45, 7) is 10.9. The normalized spacial score (nSPS) is 10.7. The highest BCUT2D eigenvalue weighted by molar-refractivity contribution is 7.98. The monoisotopic (exact) mass is 446 g/mol. The van der Waals surface area contributed by atoms with E-state index in [1.165, 1.54) is 43.2 Å². The zero-order valence-corrected chi connectivity index (χ0v) is 20.5. The van der Waals surface area contributed by atoms with Gasteiger partial charge in [-0.05, 0) is 17.7 Å². The molecule has 0 saturated carbocycles. The van der Waals surface area contributed by atoms with E-state index in [2.05, 4.69) is 55.2 Å². The first kappa shape index (κ1) is 28.6. The van der Waals surface area contributed by atoms with Crippen LogP contribution in [0.15, 0.2) is 48.9 Å². The van der Waals surface area contributed by atoms with Crippen molar-refractivity contribution in [1.29, 1.82) is 0 Å². The average molecular weight is 447 g/mol. The van der Waals surface area contributed by atoms with Gasteiger partial charge < -0.3 is 10.6 Å². The summed E-state index contributed by atoms with van der Waals surface area (Å²) in [4.78, 5) is 32.3. The zero-order chi connectivity index (χ0) is 23.5. The van der Waals surface area contributed by atoms with Gasteiger partial charge in [0.25, 0.3) is 5.91 Å². The molecule has 2 N–H and O–H groups in total. The van der Waals surface area contributed by atoms with Gasteiger partial charge in [0.15, 0.2) is 0 Å². The van der Waals surface area contributed by atoms with Crippen LogP contribution in [-0.4, -0.2) is 40.0 Å². The summed E-state index contributed by atoms with van der Waals surface area (Å²) in [5, 5.41) is 5.51. The molecule has 1 atom stereocenters. The smallest absolute Gasteiger partial charge is 0.272 e. The van der Waals surface area contributed by atoms with Gasteiger partial charge in [-0.1, -0.05) is 77.8 Å². The predicted molar refractivity (Wildman–Crippen MR) is 131 cm³/mol. The minimum atomic E-state index is -0.668. The standard InChI is InChI=1S/C16H18N4O2S.2C4H10/c1-23-11-19-15(21)13(9-12-5-3-2-4-6-12)20-16(22)14-10-17-7-8-18-14;1-4(2)3;1-3-4-2/h2-8,10,13H,9,11H2,1H3,(H,19,21)(H,20,22);4H,1-3H3;3-4H2,1-2H3. The van der Waals surface area contributed by atoms with Crippen LogP contribution in [0.25, 0.3) is 0 Å². The fourth-order valence-electron chi connectivity index (χ4n) is 1.97. The summed E-state index contributed by atoms with van der Waals surface area (Å²) in [5.41, 5.74) is 1.15. The van der Waals surface area contributed by atoms with E-state index >= 15 is 0 Å². The largest absolute Gasteiger partial charge is 0.345 e. The van der Waals surface area contributed by atoms with Crippen LogP contribution < -0.4 is 10.6 Å². The minimum Gasteiger partial charge on any atom is -0.345 e. The SMILES string of the molecule is CC(C)C.CCCC.CSCNC(=O)C(Cc1ccccc1)NC(=O)c1cnccn1. The number of rotatable bonds is 8. The Labute approximate surface area is 192 Å². The van der Waals surface area contributed by atoms with Gasteiger partial charge in [0.05, 0.1) is 12.1 Å². The van der Waals surface area contributed by atoms with Gasteiger partial charge in [-0.25, -0.2) is 4.98 Å². The molecule has 0 saturated heterocycles. The first-order chi connectivity index (χ1) is 14.8. The van der Waals surface area contributed by atoms with E-state index in [1.807, 2.05) is 36.6 Å². The van der Waals surface area contributed by atoms with Crippen LogP contribution in [0.3, 0.4) is 0 Å². The number of nitrogens with zero attached hydrogens (tertiary/aromatic N) is 2. The lowest BCUT2D eigenvalue weighted by Crippen LogP contribution is -2.48. The van der Waals surface area contributed by atoms with Crippen LogP contribution in [0.2, 0.25) is 0 Å². The molecule has 0 aliphatic rings. The number of hydrogen-bond donors (Lipinski definition) is 2. The van der Waals surface area contributed by atoms with Gasteiger partial charge in [0.2, 0.25) is 5.91 Å². The van der Waals surface area contributed by atoms with Crippen molar-refractivity contribution in [3.63, 3.8) is 0 Å². The number of unbranched alkanes of at least 4 members (excludes halogenated alkanes) is 1. The molecule has 7 heteroatoms. The van der Waals surface area contributed by atoms with Gasteiger partial charge in [-0.3, -0.25) is 14.6 Å². The Bertz CT molecular complexity index is 707. The molecule has 2 aromatic rings. The van der Waals surface area contributed by atoms with E-state index in [-0.39, 0.29) is 11.6 Å². The lowest BCUT2D eigenvalue weighted by Gasteiger charge is -2.18. The number of hydrogen-bond acceptors (Lipinski definition) is 5. The molecular weight excluding hydrogens is 408 g/mol. The van der Waals surface area contributed by atoms with E-state index in [0.29, 0.717) is 12.3 Å². The third-order valence-electron chi connectivity index (χ3n) is 3.59. The molecule has 0 bridgehead atoms. The third-order valence-corrected chi connectivity index (χ3v) is 4.02. The highest BCUT2D eigenvalue weighted by Crippen LogP contribution is 2.05. The number of carbonyl (C=O) groups excluding carboxylic acids is 2. The topological polar surface area (TPSA) is 84.0 Å². The first-order valence-corrected chi connectivity index (χ1v) is 12.1. The minimum absolute atomic E-state index is 0.184. The van der Waals surface area contributed by atoms with Crippen molar-refractivity contribution < 1.29 is 9.59 Å². The second-order valence-electron chi connectivity index (χ2n) is 7.51. The fraction of sp³-hybridized carbons (Fsp3) is 0.500. The van der Waals surface area contributed by atoms with Crippen molar-refractivity contribution in [2.45, 2.75) is 59.9 Å². The summed E-state index contributed by atoms with van der Waals surface area (Å²) < 4.78 is 0. The van der Waals surface area contributed by atoms with Crippen molar-refractivity contribution >= 4 is 23.6 Å². The number of thioether (sulfide) groups is 1. The van der Waals surface area contributed by atoms with Crippen LogP contribution in [-0.2, 0) is 11.2 Å². The maximum Gasteiger partial charge on any atom is 0.272 e. The number of aromatic nitrogens is 2. The molecule has 6 nitrogen and oxygen atoms in total. The van der Waals surface area contributed by atoms with Gasteiger partial charge in [-0.15, -0.1) is 11.8 Å². The molecule has 1 heterocycles. The van der Waals surface area contributed by atoms with Crippen molar-refractivity contribution in [3.05, 3.63) is 60.2 Å².